The Hall–Kier alpha value is -2.69. The van der Waals surface area contributed by atoms with E-state index in [0.717, 1.165) is 11.1 Å². The number of methoxy groups -OCH3 is 1. The molecule has 0 saturated carbocycles. The lowest BCUT2D eigenvalue weighted by Gasteiger charge is -2.08. The van der Waals surface area contributed by atoms with Crippen molar-refractivity contribution in [3.63, 3.8) is 0 Å². The Kier molecular flexibility index (Phi) is 4.33. The summed E-state index contributed by atoms with van der Waals surface area (Å²) in [5.74, 6) is -0.195. The van der Waals surface area contributed by atoms with Crippen LogP contribution in [0.2, 0.25) is 0 Å². The predicted octanol–water partition coefficient (Wildman–Crippen LogP) is 3.34. The van der Waals surface area contributed by atoms with E-state index in [2.05, 4.69) is 0 Å². The van der Waals surface area contributed by atoms with Crippen LogP contribution in [0.5, 0.6) is 5.75 Å². The SMILES string of the molecule is COc1c(C(=O)Cc2ccc(C)cc2)cccc1[N+](=O)[O-]. The molecule has 0 unspecified atom stereocenters. The van der Waals surface area contributed by atoms with Crippen LogP contribution in [0.25, 0.3) is 0 Å². The van der Waals surface area contributed by atoms with Gasteiger partial charge in [-0.15, -0.1) is 0 Å². The molecule has 0 N–H and O–H groups in total. The van der Waals surface area contributed by atoms with Gasteiger partial charge in [0.2, 0.25) is 5.75 Å². The quantitative estimate of drug-likeness (QED) is 0.480. The van der Waals surface area contributed by atoms with Crippen LogP contribution in [-0.2, 0) is 6.42 Å². The van der Waals surface area contributed by atoms with Crippen LogP contribution >= 0.6 is 0 Å². The summed E-state index contributed by atoms with van der Waals surface area (Å²) in [4.78, 5) is 22.8. The van der Waals surface area contributed by atoms with Crippen molar-refractivity contribution < 1.29 is 14.5 Å². The molecule has 0 aliphatic carbocycles. The zero-order valence-corrected chi connectivity index (χ0v) is 11.8. The fourth-order valence-electron chi connectivity index (χ4n) is 2.09. The molecule has 2 rings (SSSR count). The molecular weight excluding hydrogens is 270 g/mol. The molecule has 0 aliphatic rings. The third-order valence-electron chi connectivity index (χ3n) is 3.18. The minimum Gasteiger partial charge on any atom is -0.490 e. The molecule has 2 aromatic carbocycles. The van der Waals surface area contributed by atoms with Gasteiger partial charge in [-0.3, -0.25) is 14.9 Å². The molecule has 0 fully saturated rings. The summed E-state index contributed by atoms with van der Waals surface area (Å²) in [6, 6.07) is 11.9. The Bertz CT molecular complexity index is 677. The second-order valence-electron chi connectivity index (χ2n) is 4.70. The maximum Gasteiger partial charge on any atom is 0.311 e. The maximum absolute atomic E-state index is 12.4. The van der Waals surface area contributed by atoms with Crippen LogP contribution in [-0.4, -0.2) is 17.8 Å². The van der Waals surface area contributed by atoms with Crippen molar-refractivity contribution in [2.45, 2.75) is 13.3 Å². The summed E-state index contributed by atoms with van der Waals surface area (Å²) in [6.45, 7) is 1.97. The lowest BCUT2D eigenvalue weighted by molar-refractivity contribution is -0.385. The third-order valence-corrected chi connectivity index (χ3v) is 3.18. The summed E-state index contributed by atoms with van der Waals surface area (Å²) in [5.41, 5.74) is 2.00. The number of para-hydroxylation sites is 1. The Morgan fingerprint density at radius 3 is 2.43 bits per heavy atom. The minimum atomic E-state index is -0.554. The fraction of sp³-hybridized carbons (Fsp3) is 0.188. The third kappa shape index (κ3) is 3.25. The number of benzene rings is 2. The Balaban J connectivity index is 2.33. The average Bonchev–Trinajstić information content (AvgIpc) is 2.48. The summed E-state index contributed by atoms with van der Waals surface area (Å²) >= 11 is 0. The Morgan fingerprint density at radius 2 is 1.86 bits per heavy atom. The molecule has 0 aromatic heterocycles. The molecule has 0 radical (unpaired) electrons. The number of nitro benzene ring substituents is 1. The van der Waals surface area contributed by atoms with Crippen LogP contribution in [0.1, 0.15) is 21.5 Å². The highest BCUT2D eigenvalue weighted by atomic mass is 16.6. The van der Waals surface area contributed by atoms with Gasteiger partial charge in [0.25, 0.3) is 0 Å². The van der Waals surface area contributed by atoms with Gasteiger partial charge in [0.15, 0.2) is 5.78 Å². The van der Waals surface area contributed by atoms with Gasteiger partial charge in [0.1, 0.15) is 0 Å². The number of ketones is 1. The molecule has 0 bridgehead atoms. The second-order valence-corrected chi connectivity index (χ2v) is 4.70. The highest BCUT2D eigenvalue weighted by molar-refractivity contribution is 6.01. The van der Waals surface area contributed by atoms with Crippen LogP contribution in [0, 0.1) is 17.0 Å². The summed E-state index contributed by atoms with van der Waals surface area (Å²) in [5, 5.41) is 11.0. The van der Waals surface area contributed by atoms with Gasteiger partial charge < -0.3 is 4.74 Å². The molecular formula is C16H15NO4. The van der Waals surface area contributed by atoms with E-state index in [1.165, 1.54) is 19.2 Å². The number of carbonyl (C=O) groups is 1. The number of hydrogen-bond donors (Lipinski definition) is 0. The first kappa shape index (κ1) is 14.7. The first-order valence-electron chi connectivity index (χ1n) is 6.43. The average molecular weight is 285 g/mol. The van der Waals surface area contributed by atoms with Crippen LogP contribution in [0.4, 0.5) is 5.69 Å². The lowest BCUT2D eigenvalue weighted by atomic mass is 10.0. The van der Waals surface area contributed by atoms with Gasteiger partial charge in [-0.25, -0.2) is 0 Å². The normalized spacial score (nSPS) is 10.2. The number of nitro groups is 1. The fourth-order valence-corrected chi connectivity index (χ4v) is 2.09. The van der Waals surface area contributed by atoms with Crippen molar-refractivity contribution in [3.8, 4) is 5.75 Å². The van der Waals surface area contributed by atoms with Crippen molar-refractivity contribution in [2.75, 3.05) is 7.11 Å². The molecule has 0 spiro atoms. The second kappa shape index (κ2) is 6.17. The number of carbonyl (C=O) groups excluding carboxylic acids is 1. The minimum absolute atomic E-state index is 0.0135. The van der Waals surface area contributed by atoms with Crippen LogP contribution < -0.4 is 4.74 Å². The molecule has 5 heteroatoms. The first-order valence-corrected chi connectivity index (χ1v) is 6.43. The van der Waals surface area contributed by atoms with Gasteiger partial charge in [0, 0.05) is 12.5 Å². The molecule has 0 amide bonds. The molecule has 21 heavy (non-hydrogen) atoms. The standard InChI is InChI=1S/C16H15NO4/c1-11-6-8-12(9-7-11)10-15(18)13-4-3-5-14(17(19)20)16(13)21-2/h3-9H,10H2,1-2H3. The predicted molar refractivity (Wildman–Crippen MR) is 78.9 cm³/mol. The molecule has 0 atom stereocenters. The zero-order chi connectivity index (χ0) is 15.4. The molecule has 0 heterocycles. The van der Waals surface area contributed by atoms with Gasteiger partial charge in [-0.1, -0.05) is 35.9 Å². The molecule has 2 aromatic rings. The number of nitrogens with zero attached hydrogens (tertiary/aromatic N) is 1. The van der Waals surface area contributed by atoms with E-state index in [9.17, 15) is 14.9 Å². The molecule has 5 nitrogen and oxygen atoms in total. The number of ether oxygens (including phenoxy) is 1. The number of Topliss-reactive ketones (excluding diaryl/α,β-unsaturated/α-hetero) is 1. The number of rotatable bonds is 5. The van der Waals surface area contributed by atoms with Crippen molar-refractivity contribution in [1.82, 2.24) is 0 Å². The number of hydrogen-bond acceptors (Lipinski definition) is 4. The van der Waals surface area contributed by atoms with E-state index in [1.807, 2.05) is 31.2 Å². The number of aryl methyl sites for hydroxylation is 1. The first-order chi connectivity index (χ1) is 10.0. The van der Waals surface area contributed by atoms with E-state index >= 15 is 0 Å². The Morgan fingerprint density at radius 1 is 1.19 bits per heavy atom. The molecule has 108 valence electrons. The van der Waals surface area contributed by atoms with E-state index in [4.69, 9.17) is 4.74 Å². The largest absolute Gasteiger partial charge is 0.490 e. The van der Waals surface area contributed by atoms with E-state index < -0.39 is 4.92 Å². The highest BCUT2D eigenvalue weighted by Crippen LogP contribution is 2.31. The lowest BCUT2D eigenvalue weighted by Crippen LogP contribution is -2.07. The summed E-state index contributed by atoms with van der Waals surface area (Å²) in [7, 11) is 1.32. The van der Waals surface area contributed by atoms with Gasteiger partial charge in [-0.05, 0) is 18.6 Å². The smallest absolute Gasteiger partial charge is 0.311 e. The van der Waals surface area contributed by atoms with Crippen LogP contribution in [0.3, 0.4) is 0 Å². The Labute approximate surface area is 122 Å². The topological polar surface area (TPSA) is 69.4 Å². The van der Waals surface area contributed by atoms with Gasteiger partial charge >= 0.3 is 5.69 Å². The van der Waals surface area contributed by atoms with E-state index in [0.29, 0.717) is 0 Å². The van der Waals surface area contributed by atoms with Gasteiger partial charge in [-0.2, -0.15) is 0 Å². The maximum atomic E-state index is 12.4. The summed E-state index contributed by atoms with van der Waals surface area (Å²) < 4.78 is 5.05. The molecule has 0 aliphatic heterocycles. The van der Waals surface area contributed by atoms with Crippen molar-refractivity contribution in [1.29, 1.82) is 0 Å². The summed E-state index contributed by atoms with van der Waals surface area (Å²) in [6.07, 6.45) is 0.178. The monoisotopic (exact) mass is 285 g/mol. The van der Waals surface area contributed by atoms with E-state index in [1.54, 1.807) is 6.07 Å². The highest BCUT2D eigenvalue weighted by Gasteiger charge is 2.22. The van der Waals surface area contributed by atoms with Crippen molar-refractivity contribution >= 4 is 11.5 Å². The molecule has 0 saturated heterocycles. The van der Waals surface area contributed by atoms with Crippen molar-refractivity contribution in [3.05, 3.63) is 69.3 Å². The van der Waals surface area contributed by atoms with Gasteiger partial charge in [0.05, 0.1) is 17.6 Å². The zero-order valence-electron chi connectivity index (χ0n) is 11.8. The van der Waals surface area contributed by atoms with Crippen LogP contribution in [0.15, 0.2) is 42.5 Å². The van der Waals surface area contributed by atoms with Crippen molar-refractivity contribution in [2.24, 2.45) is 0 Å². The van der Waals surface area contributed by atoms with E-state index in [-0.39, 0.29) is 29.2 Å².